The molecule has 4 amide bonds. The van der Waals surface area contributed by atoms with Crippen molar-refractivity contribution in [2.24, 2.45) is 11.7 Å². The molecule has 0 saturated heterocycles. The van der Waals surface area contributed by atoms with Crippen molar-refractivity contribution < 1.29 is 28.3 Å². The minimum Gasteiger partial charge on any atom is -0.449 e. The highest BCUT2D eigenvalue weighted by Crippen LogP contribution is 2.44. The zero-order valence-electron chi connectivity index (χ0n) is 28.9. The monoisotopic (exact) mass is 700 g/mol. The number of fused-ring (bicyclic) bond motifs is 4. The van der Waals surface area contributed by atoms with Crippen molar-refractivity contribution in [3.63, 3.8) is 0 Å². The van der Waals surface area contributed by atoms with E-state index in [1.807, 2.05) is 80.6 Å². The Labute approximate surface area is 300 Å². The molecule has 0 spiro atoms. The number of amides is 4. The number of nitrogens with one attached hydrogen (secondary N) is 3. The average molecular weight is 701 g/mol. The number of ether oxygens (including phenoxy) is 1. The summed E-state index contributed by atoms with van der Waals surface area (Å²) in [5.41, 5.74) is 10.7. The SMILES string of the molecule is CC(C)C[C@H](NC(=O)[C@H](Cc1ccccc1)NC(=O)OCC1c2ccccc2-c2ccccc21)C(=O)Nc1ccc2c(CC(N)=O)cc(=O)oc2c1. The Balaban J connectivity index is 1.17. The van der Waals surface area contributed by atoms with Crippen molar-refractivity contribution in [1.82, 2.24) is 10.6 Å². The van der Waals surface area contributed by atoms with E-state index in [0.717, 1.165) is 27.8 Å². The molecule has 0 saturated carbocycles. The molecule has 1 aliphatic carbocycles. The first kappa shape index (κ1) is 35.6. The zero-order chi connectivity index (χ0) is 36.8. The molecule has 0 radical (unpaired) electrons. The number of hydrogen-bond donors (Lipinski definition) is 4. The summed E-state index contributed by atoms with van der Waals surface area (Å²) in [6, 6.07) is 29.2. The average Bonchev–Trinajstić information content (AvgIpc) is 3.43. The number of benzene rings is 4. The van der Waals surface area contributed by atoms with Gasteiger partial charge in [-0.05, 0) is 57.9 Å². The van der Waals surface area contributed by atoms with Crippen molar-refractivity contribution in [1.29, 1.82) is 0 Å². The molecule has 0 fully saturated rings. The highest BCUT2D eigenvalue weighted by molar-refractivity contribution is 6.00. The van der Waals surface area contributed by atoms with Crippen molar-refractivity contribution in [2.75, 3.05) is 11.9 Å². The Hall–Kier alpha value is -6.23. The molecule has 266 valence electrons. The van der Waals surface area contributed by atoms with Crippen LogP contribution in [0.4, 0.5) is 10.5 Å². The molecule has 0 bridgehead atoms. The van der Waals surface area contributed by atoms with Crippen molar-refractivity contribution in [2.45, 2.75) is 51.1 Å². The quantitative estimate of drug-likeness (QED) is 0.119. The zero-order valence-corrected chi connectivity index (χ0v) is 28.9. The fourth-order valence-corrected chi connectivity index (χ4v) is 6.69. The summed E-state index contributed by atoms with van der Waals surface area (Å²) < 4.78 is 11.1. The molecule has 0 aliphatic heterocycles. The van der Waals surface area contributed by atoms with Gasteiger partial charge in [-0.15, -0.1) is 0 Å². The summed E-state index contributed by atoms with van der Waals surface area (Å²) in [6.07, 6.45) is -0.447. The molecule has 52 heavy (non-hydrogen) atoms. The predicted octanol–water partition coefficient (Wildman–Crippen LogP) is 5.44. The van der Waals surface area contributed by atoms with Crippen LogP contribution in [0, 0.1) is 5.92 Å². The van der Waals surface area contributed by atoms with E-state index in [0.29, 0.717) is 23.1 Å². The van der Waals surface area contributed by atoms with Gasteiger partial charge in [-0.3, -0.25) is 14.4 Å². The Morgan fingerprint density at radius 1 is 0.788 bits per heavy atom. The van der Waals surface area contributed by atoms with Crippen molar-refractivity contribution >= 4 is 40.5 Å². The first-order chi connectivity index (χ1) is 25.0. The van der Waals surface area contributed by atoms with E-state index in [1.165, 1.54) is 12.1 Å². The third kappa shape index (κ3) is 8.38. The van der Waals surface area contributed by atoms with E-state index in [2.05, 4.69) is 28.1 Å². The van der Waals surface area contributed by atoms with Gasteiger partial charge in [0.1, 0.15) is 24.3 Å². The van der Waals surface area contributed by atoms with E-state index >= 15 is 0 Å². The smallest absolute Gasteiger partial charge is 0.407 e. The Bertz CT molecular complexity index is 2130. The van der Waals surface area contributed by atoms with Gasteiger partial charge >= 0.3 is 11.7 Å². The summed E-state index contributed by atoms with van der Waals surface area (Å²) in [5.74, 6) is -1.80. The van der Waals surface area contributed by atoms with Gasteiger partial charge in [-0.2, -0.15) is 0 Å². The number of hydrogen-bond acceptors (Lipinski definition) is 7. The van der Waals surface area contributed by atoms with Gasteiger partial charge in [0, 0.05) is 35.5 Å². The predicted molar refractivity (Wildman–Crippen MR) is 198 cm³/mol. The topological polar surface area (TPSA) is 170 Å². The highest BCUT2D eigenvalue weighted by Gasteiger charge is 2.31. The molecule has 11 nitrogen and oxygen atoms in total. The number of primary amides is 1. The first-order valence-electron chi connectivity index (χ1n) is 17.2. The third-order valence-electron chi connectivity index (χ3n) is 9.04. The second kappa shape index (κ2) is 15.8. The molecule has 1 aromatic heterocycles. The van der Waals surface area contributed by atoms with Crippen LogP contribution in [0.1, 0.15) is 48.4 Å². The summed E-state index contributed by atoms with van der Waals surface area (Å²) in [6.45, 7) is 3.93. The van der Waals surface area contributed by atoms with Gasteiger partial charge in [0.05, 0.1) is 6.42 Å². The molecular formula is C41H40N4O7. The van der Waals surface area contributed by atoms with Crippen LogP contribution in [0.25, 0.3) is 22.1 Å². The lowest BCUT2D eigenvalue weighted by Gasteiger charge is -2.24. The molecule has 1 aliphatic rings. The van der Waals surface area contributed by atoms with Gasteiger partial charge in [0.2, 0.25) is 17.7 Å². The summed E-state index contributed by atoms with van der Waals surface area (Å²) in [5, 5.41) is 8.91. The standard InChI is InChI=1S/C41H40N4O7/c1-24(2)18-34(39(48)43-27-16-17-28-26(20-37(42)46)21-38(47)52-36(28)22-27)44-40(49)35(19-25-10-4-3-5-11-25)45-41(50)51-23-33-31-14-8-6-12-29(31)30-13-7-9-15-32(30)33/h3-17,21-22,24,33-35H,18-20,23H2,1-2H3,(H2,42,46)(H,43,48)(H,44,49)(H,45,50)/t34-,35-/m0/s1. The van der Waals surface area contributed by atoms with Crippen LogP contribution >= 0.6 is 0 Å². The van der Waals surface area contributed by atoms with Crippen LogP contribution in [-0.2, 0) is 32.0 Å². The number of alkyl carbamates (subject to hydrolysis) is 1. The third-order valence-corrected chi connectivity index (χ3v) is 9.04. The van der Waals surface area contributed by atoms with E-state index in [1.54, 1.807) is 12.1 Å². The maximum atomic E-state index is 13.9. The molecule has 0 unspecified atom stereocenters. The van der Waals surface area contributed by atoms with E-state index < -0.39 is 41.5 Å². The van der Waals surface area contributed by atoms with Crippen LogP contribution in [0.15, 0.2) is 112 Å². The molecular weight excluding hydrogens is 660 g/mol. The fourth-order valence-electron chi connectivity index (χ4n) is 6.69. The minimum atomic E-state index is -1.06. The number of rotatable bonds is 13. The molecule has 5 aromatic rings. The molecule has 5 N–H and O–H groups in total. The maximum Gasteiger partial charge on any atom is 0.407 e. The second-order valence-corrected chi connectivity index (χ2v) is 13.3. The van der Waals surface area contributed by atoms with Crippen LogP contribution < -0.4 is 27.3 Å². The number of carbonyl (C=O) groups excluding carboxylic acids is 4. The summed E-state index contributed by atoms with van der Waals surface area (Å²) in [7, 11) is 0. The highest BCUT2D eigenvalue weighted by atomic mass is 16.5. The maximum absolute atomic E-state index is 13.9. The Kier molecular flexibility index (Phi) is 10.8. The Morgan fingerprint density at radius 2 is 1.44 bits per heavy atom. The van der Waals surface area contributed by atoms with Crippen LogP contribution in [-0.4, -0.2) is 42.5 Å². The van der Waals surface area contributed by atoms with Crippen molar-refractivity contribution in [3.8, 4) is 11.1 Å². The molecule has 6 rings (SSSR count). The van der Waals surface area contributed by atoms with Crippen molar-refractivity contribution in [3.05, 3.63) is 136 Å². The summed E-state index contributed by atoms with van der Waals surface area (Å²) in [4.78, 5) is 64.6. The first-order valence-corrected chi connectivity index (χ1v) is 17.2. The van der Waals surface area contributed by atoms with Crippen LogP contribution in [0.2, 0.25) is 0 Å². The van der Waals surface area contributed by atoms with Crippen LogP contribution in [0.5, 0.6) is 0 Å². The second-order valence-electron chi connectivity index (χ2n) is 13.3. The summed E-state index contributed by atoms with van der Waals surface area (Å²) >= 11 is 0. The van der Waals surface area contributed by atoms with Crippen LogP contribution in [0.3, 0.4) is 0 Å². The van der Waals surface area contributed by atoms with Gasteiger partial charge in [-0.1, -0.05) is 92.7 Å². The van der Waals surface area contributed by atoms with E-state index in [9.17, 15) is 24.0 Å². The fraction of sp³-hybridized carbons (Fsp3) is 0.244. The number of carbonyl (C=O) groups is 4. The number of anilines is 1. The largest absolute Gasteiger partial charge is 0.449 e. The van der Waals surface area contributed by atoms with E-state index in [4.69, 9.17) is 14.9 Å². The molecule has 4 aromatic carbocycles. The lowest BCUT2D eigenvalue weighted by molar-refractivity contribution is -0.128. The molecule has 2 atom stereocenters. The Morgan fingerprint density at radius 3 is 2.10 bits per heavy atom. The van der Waals surface area contributed by atoms with Gasteiger partial charge in [-0.25, -0.2) is 9.59 Å². The normalized spacial score (nSPS) is 13.1. The van der Waals surface area contributed by atoms with Gasteiger partial charge < -0.3 is 30.8 Å². The lowest BCUT2D eigenvalue weighted by Crippen LogP contribution is -2.53. The van der Waals surface area contributed by atoms with Gasteiger partial charge in [0.15, 0.2) is 0 Å². The van der Waals surface area contributed by atoms with Gasteiger partial charge in [0.25, 0.3) is 0 Å². The number of nitrogens with two attached hydrogens (primary N) is 1. The lowest BCUT2D eigenvalue weighted by atomic mass is 9.98. The molecule has 1 heterocycles. The minimum absolute atomic E-state index is 0.0182. The molecule has 11 heteroatoms. The van der Waals surface area contributed by atoms with E-state index in [-0.39, 0.29) is 36.9 Å².